The Morgan fingerprint density at radius 1 is 1.60 bits per heavy atom. The van der Waals surface area contributed by atoms with Gasteiger partial charge < -0.3 is 20.1 Å². The van der Waals surface area contributed by atoms with Gasteiger partial charge in [0.2, 0.25) is 0 Å². The molecule has 1 fully saturated rings. The minimum absolute atomic E-state index is 0.535. The summed E-state index contributed by atoms with van der Waals surface area (Å²) in [6.07, 6.45) is -4.31. The quantitative estimate of drug-likeness (QED) is 0.406. The Bertz CT molecular complexity index is 301. The number of aliphatic hydroxyl groups excluding tert-OH is 2. The van der Waals surface area contributed by atoms with E-state index < -0.39 is 36.5 Å². The molecule has 4 nitrogen and oxygen atoms in total. The lowest BCUT2D eigenvalue weighted by Crippen LogP contribution is -2.47. The highest BCUT2D eigenvalue weighted by molar-refractivity contribution is 6.12. The first kappa shape index (κ1) is 12.4. The fourth-order valence-corrected chi connectivity index (χ4v) is 1.32. The molecule has 15 heavy (non-hydrogen) atoms. The second kappa shape index (κ2) is 4.43. The molecule has 0 aromatic carbocycles. The molecule has 0 spiro atoms. The molecule has 1 saturated heterocycles. The van der Waals surface area contributed by atoms with Crippen LogP contribution in [-0.4, -0.2) is 53.6 Å². The molecule has 0 aliphatic carbocycles. The minimum atomic E-state index is -2.17. The van der Waals surface area contributed by atoms with Crippen LogP contribution in [-0.2, 0) is 4.74 Å². The van der Waals surface area contributed by atoms with Crippen LogP contribution in [0.2, 0.25) is 0 Å². The summed E-state index contributed by atoms with van der Waals surface area (Å²) < 4.78 is 28.3. The maximum atomic E-state index is 11.7. The van der Waals surface area contributed by atoms with E-state index in [1.165, 1.54) is 5.73 Å². The molecule has 3 N–H and O–H groups in total. The summed E-state index contributed by atoms with van der Waals surface area (Å²) in [5.74, 6) is 0. The third-order valence-electron chi connectivity index (χ3n) is 2.20. The number of hydrogen-bond acceptors (Lipinski definition) is 4. The molecule has 0 amide bonds. The van der Waals surface area contributed by atoms with Gasteiger partial charge in [0.25, 0.3) is 0 Å². The normalized spacial score (nSPS) is 39.9. The number of ether oxygens (including phenoxy) is 1. The first-order valence-corrected chi connectivity index (χ1v) is 4.13. The number of aliphatic hydroxyl groups is 3. The lowest BCUT2D eigenvalue weighted by atomic mass is 9.80. The van der Waals surface area contributed by atoms with Gasteiger partial charge in [-0.3, -0.25) is 0 Å². The molecule has 1 aliphatic rings. The fraction of sp³-hybridized carbons (Fsp3) is 0.625. The van der Waals surface area contributed by atoms with Crippen molar-refractivity contribution in [3.63, 3.8) is 0 Å². The molecule has 2 radical (unpaired) electrons. The number of halogens is 2. The molecule has 82 valence electrons. The average Bonchev–Trinajstić information content (AvgIpc) is 2.40. The van der Waals surface area contributed by atoms with Gasteiger partial charge in [0.15, 0.2) is 0 Å². The monoisotopic (exact) mass is 218 g/mol. The van der Waals surface area contributed by atoms with Crippen LogP contribution in [0.1, 0.15) is 0 Å². The molecule has 0 aromatic heterocycles. The standard InChI is InChI=1S/C8H9BF2O4/c9-7-8(14,2-1-5(10)11)6(13)4(3-12)15-7/h2,4,6-7,12-14H,3H2. The third kappa shape index (κ3) is 2.27. The van der Waals surface area contributed by atoms with Crippen molar-refractivity contribution in [3.05, 3.63) is 17.9 Å². The molecule has 1 rings (SSSR count). The molecule has 1 heterocycles. The van der Waals surface area contributed by atoms with Crippen molar-refractivity contribution >= 4 is 7.85 Å². The van der Waals surface area contributed by atoms with E-state index in [1.54, 1.807) is 0 Å². The Morgan fingerprint density at radius 2 is 2.20 bits per heavy atom. The second-order valence-corrected chi connectivity index (χ2v) is 3.16. The average molecular weight is 218 g/mol. The summed E-state index contributed by atoms with van der Waals surface area (Å²) in [5.41, 5.74) is -0.730. The smallest absolute Gasteiger partial charge is 0.312 e. The van der Waals surface area contributed by atoms with Crippen LogP contribution in [0.25, 0.3) is 0 Å². The van der Waals surface area contributed by atoms with E-state index >= 15 is 0 Å². The number of hydrogen-bond donors (Lipinski definition) is 3. The Labute approximate surface area is 85.9 Å². The highest BCUT2D eigenvalue weighted by Gasteiger charge is 2.50. The number of rotatable bonds is 2. The van der Waals surface area contributed by atoms with E-state index in [1.807, 2.05) is 0 Å². The minimum Gasteiger partial charge on any atom is -0.394 e. The van der Waals surface area contributed by atoms with Gasteiger partial charge in [-0.2, -0.15) is 8.78 Å². The van der Waals surface area contributed by atoms with Gasteiger partial charge >= 0.3 is 6.08 Å². The molecule has 4 unspecified atom stereocenters. The molecule has 0 saturated carbocycles. The summed E-state index contributed by atoms with van der Waals surface area (Å²) in [5, 5.41) is 27.9. The van der Waals surface area contributed by atoms with Crippen molar-refractivity contribution in [1.29, 1.82) is 0 Å². The Balaban J connectivity index is 2.97. The lowest BCUT2D eigenvalue weighted by Gasteiger charge is -2.24. The van der Waals surface area contributed by atoms with Crippen molar-refractivity contribution in [2.45, 2.75) is 23.8 Å². The van der Waals surface area contributed by atoms with Crippen LogP contribution < -0.4 is 0 Å². The highest BCUT2D eigenvalue weighted by Crippen LogP contribution is 2.30. The second-order valence-electron chi connectivity index (χ2n) is 3.16. The van der Waals surface area contributed by atoms with E-state index in [0.29, 0.717) is 6.08 Å². The predicted molar refractivity (Wildman–Crippen MR) is 46.3 cm³/mol. The molecule has 0 bridgehead atoms. The van der Waals surface area contributed by atoms with Crippen LogP contribution >= 0.6 is 0 Å². The van der Waals surface area contributed by atoms with Crippen LogP contribution in [0.4, 0.5) is 8.78 Å². The van der Waals surface area contributed by atoms with Gasteiger partial charge in [-0.15, -0.1) is 0 Å². The largest absolute Gasteiger partial charge is 0.394 e. The molecule has 1 aliphatic heterocycles. The van der Waals surface area contributed by atoms with Crippen molar-refractivity contribution in [1.82, 2.24) is 0 Å². The van der Waals surface area contributed by atoms with E-state index in [2.05, 4.69) is 0 Å². The van der Waals surface area contributed by atoms with Crippen molar-refractivity contribution in [2.24, 2.45) is 0 Å². The summed E-state index contributed by atoms with van der Waals surface area (Å²) in [6.45, 7) is -0.577. The zero-order valence-corrected chi connectivity index (χ0v) is 7.60. The maximum Gasteiger partial charge on any atom is 0.312 e. The zero-order valence-electron chi connectivity index (χ0n) is 7.60. The maximum absolute atomic E-state index is 11.7. The van der Waals surface area contributed by atoms with E-state index in [0.717, 1.165) is 0 Å². The first-order valence-electron chi connectivity index (χ1n) is 4.13. The van der Waals surface area contributed by atoms with Crippen molar-refractivity contribution in [3.8, 4) is 0 Å². The lowest BCUT2D eigenvalue weighted by molar-refractivity contribution is -0.0286. The van der Waals surface area contributed by atoms with Gasteiger partial charge in [-0.05, 0) is 6.08 Å². The molecule has 4 atom stereocenters. The summed E-state index contributed by atoms with van der Waals surface area (Å²) in [4.78, 5) is 0. The van der Waals surface area contributed by atoms with Crippen molar-refractivity contribution in [2.75, 3.05) is 6.61 Å². The van der Waals surface area contributed by atoms with E-state index in [-0.39, 0.29) is 0 Å². The first-order chi connectivity index (χ1) is 6.91. The predicted octanol–water partition coefficient (Wildman–Crippen LogP) is -1.10. The molecular weight excluding hydrogens is 209 g/mol. The highest BCUT2D eigenvalue weighted by atomic mass is 19.3. The summed E-state index contributed by atoms with van der Waals surface area (Å²) in [6, 6.07) is -1.39. The Morgan fingerprint density at radius 3 is 2.60 bits per heavy atom. The van der Waals surface area contributed by atoms with Gasteiger partial charge in [0.1, 0.15) is 25.7 Å². The van der Waals surface area contributed by atoms with Crippen molar-refractivity contribution < 1.29 is 28.8 Å². The third-order valence-corrected chi connectivity index (χ3v) is 2.20. The summed E-state index contributed by atoms with van der Waals surface area (Å²) >= 11 is 0. The molecule has 0 aromatic rings. The van der Waals surface area contributed by atoms with E-state index in [9.17, 15) is 19.0 Å². The van der Waals surface area contributed by atoms with Crippen LogP contribution in [0.15, 0.2) is 17.9 Å². The topological polar surface area (TPSA) is 69.9 Å². The van der Waals surface area contributed by atoms with Gasteiger partial charge in [0, 0.05) is 0 Å². The van der Waals surface area contributed by atoms with Gasteiger partial charge in [-0.1, -0.05) is 5.73 Å². The van der Waals surface area contributed by atoms with E-state index in [4.69, 9.17) is 17.7 Å². The SMILES string of the molecule is [B]C1OC(CO)C(O)C1(O)C=C=C(F)F. The molecular formula is C8H9BF2O4. The fourth-order valence-electron chi connectivity index (χ4n) is 1.32. The zero-order chi connectivity index (χ0) is 11.6. The van der Waals surface area contributed by atoms with Gasteiger partial charge in [-0.25, -0.2) is 0 Å². The van der Waals surface area contributed by atoms with Crippen LogP contribution in [0, 0.1) is 0 Å². The van der Waals surface area contributed by atoms with Crippen LogP contribution in [0.5, 0.6) is 0 Å². The summed E-state index contributed by atoms with van der Waals surface area (Å²) in [7, 11) is 5.29. The Hall–Kier alpha value is -0.715. The Kier molecular flexibility index (Phi) is 3.65. The van der Waals surface area contributed by atoms with Crippen LogP contribution in [0.3, 0.4) is 0 Å². The molecule has 7 heteroatoms. The van der Waals surface area contributed by atoms with Gasteiger partial charge in [0.05, 0.1) is 12.6 Å².